The van der Waals surface area contributed by atoms with Crippen LogP contribution in [0.5, 0.6) is 17.2 Å². The van der Waals surface area contributed by atoms with Gasteiger partial charge in [0.05, 0.1) is 33.5 Å². The lowest BCUT2D eigenvalue weighted by molar-refractivity contribution is 0.0589. The highest BCUT2D eigenvalue weighted by molar-refractivity contribution is 6.11. The van der Waals surface area contributed by atoms with Crippen LogP contribution in [0.2, 0.25) is 0 Å². The molecule has 0 saturated carbocycles. The van der Waals surface area contributed by atoms with Crippen molar-refractivity contribution >= 4 is 11.8 Å². The molecule has 1 aromatic carbocycles. The molecule has 19 heavy (non-hydrogen) atoms. The molecule has 102 valence electrons. The lowest BCUT2D eigenvalue weighted by atomic mass is 9.97. The van der Waals surface area contributed by atoms with Crippen LogP contribution in [0.25, 0.3) is 0 Å². The highest BCUT2D eigenvalue weighted by atomic mass is 16.5. The molecule has 1 aliphatic heterocycles. The molecule has 6 heteroatoms. The topological polar surface area (TPSA) is 71.1 Å². The zero-order valence-corrected chi connectivity index (χ0v) is 10.9. The van der Waals surface area contributed by atoms with E-state index >= 15 is 0 Å². The molecule has 0 saturated heterocycles. The average molecular weight is 266 g/mol. The second kappa shape index (κ2) is 5.17. The van der Waals surface area contributed by atoms with E-state index < -0.39 is 5.97 Å². The largest absolute Gasteiger partial charge is 0.493 e. The van der Waals surface area contributed by atoms with Crippen LogP contribution >= 0.6 is 0 Å². The fourth-order valence-electron chi connectivity index (χ4n) is 2.04. The molecule has 0 amide bonds. The Kier molecular flexibility index (Phi) is 3.59. The first kappa shape index (κ1) is 13.2. The van der Waals surface area contributed by atoms with Gasteiger partial charge < -0.3 is 18.9 Å². The number of carbonyl (C=O) groups excluding carboxylic acids is 2. The van der Waals surface area contributed by atoms with Crippen LogP contribution in [0.3, 0.4) is 0 Å². The van der Waals surface area contributed by atoms with Crippen molar-refractivity contribution in [2.45, 2.75) is 6.42 Å². The molecular formula is C13H14O6. The molecule has 0 spiro atoms. The molecule has 0 N–H and O–H groups in total. The standard InChI is InChI=1S/C13H14O6/c1-16-9-6-8-10(7(14)4-5-19-8)11(12(9)17-2)13(15)18-3/h6H,4-5H2,1-3H3. The number of ketones is 1. The third-order valence-electron chi connectivity index (χ3n) is 2.89. The first-order valence-electron chi connectivity index (χ1n) is 5.67. The Morgan fingerprint density at radius 2 is 2.00 bits per heavy atom. The van der Waals surface area contributed by atoms with Gasteiger partial charge in [0.15, 0.2) is 17.3 Å². The van der Waals surface area contributed by atoms with Gasteiger partial charge in [-0.1, -0.05) is 0 Å². The number of esters is 1. The Labute approximate surface area is 110 Å². The maximum absolute atomic E-state index is 12.0. The van der Waals surface area contributed by atoms with Crippen molar-refractivity contribution in [1.29, 1.82) is 0 Å². The summed E-state index contributed by atoms with van der Waals surface area (Å²) in [5.74, 6) is -0.0361. The maximum Gasteiger partial charge on any atom is 0.342 e. The van der Waals surface area contributed by atoms with Gasteiger partial charge >= 0.3 is 5.97 Å². The molecule has 0 atom stereocenters. The summed E-state index contributed by atoms with van der Waals surface area (Å²) in [6.07, 6.45) is 0.215. The SMILES string of the molecule is COC(=O)c1c(OC)c(OC)cc2c1C(=O)CCO2. The van der Waals surface area contributed by atoms with Gasteiger partial charge in [-0.3, -0.25) is 4.79 Å². The van der Waals surface area contributed by atoms with E-state index in [-0.39, 0.29) is 35.7 Å². The van der Waals surface area contributed by atoms with Crippen molar-refractivity contribution in [3.05, 3.63) is 17.2 Å². The normalized spacial score (nSPS) is 13.3. The minimum atomic E-state index is -0.661. The smallest absolute Gasteiger partial charge is 0.342 e. The lowest BCUT2D eigenvalue weighted by Gasteiger charge is -2.21. The highest BCUT2D eigenvalue weighted by Crippen LogP contribution is 2.41. The summed E-state index contributed by atoms with van der Waals surface area (Å²) in [7, 11) is 4.07. The van der Waals surface area contributed by atoms with Gasteiger partial charge in [-0.15, -0.1) is 0 Å². The van der Waals surface area contributed by atoms with E-state index in [9.17, 15) is 9.59 Å². The Morgan fingerprint density at radius 3 is 2.58 bits per heavy atom. The second-order valence-electron chi connectivity index (χ2n) is 3.87. The van der Waals surface area contributed by atoms with Crippen molar-refractivity contribution in [3.63, 3.8) is 0 Å². The zero-order valence-electron chi connectivity index (χ0n) is 10.9. The summed E-state index contributed by atoms with van der Waals surface area (Å²) in [6.45, 7) is 0.280. The number of hydrogen-bond acceptors (Lipinski definition) is 6. The molecule has 1 heterocycles. The van der Waals surface area contributed by atoms with Crippen LogP contribution in [-0.4, -0.2) is 39.7 Å². The first-order chi connectivity index (χ1) is 9.13. The third-order valence-corrected chi connectivity index (χ3v) is 2.89. The van der Waals surface area contributed by atoms with Gasteiger partial charge in [-0.05, 0) is 0 Å². The van der Waals surface area contributed by atoms with E-state index in [0.717, 1.165) is 0 Å². The summed E-state index contributed by atoms with van der Waals surface area (Å²) in [6, 6.07) is 1.54. The Hall–Kier alpha value is -2.24. The molecule has 1 aliphatic rings. The summed E-state index contributed by atoms with van der Waals surface area (Å²) < 4.78 is 20.4. The Bertz CT molecular complexity index is 534. The van der Waals surface area contributed by atoms with Crippen molar-refractivity contribution < 1.29 is 28.5 Å². The van der Waals surface area contributed by atoms with E-state index in [1.54, 1.807) is 0 Å². The number of carbonyl (C=O) groups is 2. The predicted molar refractivity (Wildman–Crippen MR) is 65.3 cm³/mol. The third kappa shape index (κ3) is 2.09. The van der Waals surface area contributed by atoms with Gasteiger partial charge in [0.2, 0.25) is 0 Å². The number of benzene rings is 1. The molecule has 0 aromatic heterocycles. The van der Waals surface area contributed by atoms with Crippen LogP contribution in [-0.2, 0) is 4.74 Å². The van der Waals surface area contributed by atoms with E-state index in [1.807, 2.05) is 0 Å². The summed E-state index contributed by atoms with van der Waals surface area (Å²) in [5, 5.41) is 0. The Balaban J connectivity index is 2.77. The predicted octanol–water partition coefficient (Wildman–Crippen LogP) is 1.46. The highest BCUT2D eigenvalue weighted by Gasteiger charge is 2.32. The van der Waals surface area contributed by atoms with Crippen LogP contribution in [0.4, 0.5) is 0 Å². The first-order valence-corrected chi connectivity index (χ1v) is 5.67. The Morgan fingerprint density at radius 1 is 1.26 bits per heavy atom. The number of methoxy groups -OCH3 is 3. The second-order valence-corrected chi connectivity index (χ2v) is 3.87. The van der Waals surface area contributed by atoms with Gasteiger partial charge in [0.1, 0.15) is 11.3 Å². The van der Waals surface area contributed by atoms with Gasteiger partial charge in [0, 0.05) is 12.5 Å². The number of rotatable bonds is 3. The molecule has 0 unspecified atom stereocenters. The molecule has 0 bridgehead atoms. The van der Waals surface area contributed by atoms with Crippen LogP contribution in [0.15, 0.2) is 6.07 Å². The van der Waals surface area contributed by atoms with Crippen molar-refractivity contribution in [2.24, 2.45) is 0 Å². The lowest BCUT2D eigenvalue weighted by Crippen LogP contribution is -2.21. The molecular weight excluding hydrogens is 252 g/mol. The minimum absolute atomic E-state index is 0.0454. The van der Waals surface area contributed by atoms with Crippen molar-refractivity contribution in [2.75, 3.05) is 27.9 Å². The molecule has 0 fully saturated rings. The quantitative estimate of drug-likeness (QED) is 0.771. The number of Topliss-reactive ketones (excluding diaryl/α,β-unsaturated/α-hetero) is 1. The van der Waals surface area contributed by atoms with Gasteiger partial charge in [-0.25, -0.2) is 4.79 Å². The van der Waals surface area contributed by atoms with E-state index in [4.69, 9.17) is 18.9 Å². The molecule has 0 aliphatic carbocycles. The van der Waals surface area contributed by atoms with Crippen LogP contribution in [0, 0.1) is 0 Å². The van der Waals surface area contributed by atoms with Crippen molar-refractivity contribution in [3.8, 4) is 17.2 Å². The molecule has 1 aromatic rings. The fraction of sp³-hybridized carbons (Fsp3) is 0.385. The number of hydrogen-bond donors (Lipinski definition) is 0. The number of fused-ring (bicyclic) bond motifs is 1. The van der Waals surface area contributed by atoms with Crippen molar-refractivity contribution in [1.82, 2.24) is 0 Å². The monoisotopic (exact) mass is 266 g/mol. The average Bonchev–Trinajstić information content (AvgIpc) is 2.44. The maximum atomic E-state index is 12.0. The summed E-state index contributed by atoms with van der Waals surface area (Å²) >= 11 is 0. The van der Waals surface area contributed by atoms with Gasteiger partial charge in [0.25, 0.3) is 0 Å². The molecule has 6 nitrogen and oxygen atoms in total. The fourth-order valence-corrected chi connectivity index (χ4v) is 2.04. The zero-order chi connectivity index (χ0) is 14.0. The van der Waals surface area contributed by atoms with Gasteiger partial charge in [-0.2, -0.15) is 0 Å². The molecule has 0 radical (unpaired) electrons. The molecule has 2 rings (SSSR count). The summed E-state index contributed by atoms with van der Waals surface area (Å²) in [5.41, 5.74) is 0.236. The van der Waals surface area contributed by atoms with E-state index in [1.165, 1.54) is 27.4 Å². The van der Waals surface area contributed by atoms with Crippen LogP contribution in [0.1, 0.15) is 27.1 Å². The van der Waals surface area contributed by atoms with E-state index in [0.29, 0.717) is 11.5 Å². The number of ether oxygens (including phenoxy) is 4. The van der Waals surface area contributed by atoms with Crippen LogP contribution < -0.4 is 14.2 Å². The summed E-state index contributed by atoms with van der Waals surface area (Å²) in [4.78, 5) is 23.9. The minimum Gasteiger partial charge on any atom is -0.493 e. The van der Waals surface area contributed by atoms with E-state index in [2.05, 4.69) is 0 Å².